The summed E-state index contributed by atoms with van der Waals surface area (Å²) in [5.41, 5.74) is 0. The van der Waals surface area contributed by atoms with Crippen LogP contribution in [-0.2, 0) is 4.79 Å². The Kier molecular flexibility index (Phi) is 14.7. The molecule has 0 heterocycles. The van der Waals surface area contributed by atoms with Gasteiger partial charge in [0.25, 0.3) is 0 Å². The number of ketones is 1. The molecule has 0 saturated heterocycles. The number of hydrogen-bond acceptors (Lipinski definition) is 6. The largest absolute Gasteiger partial charge is 0.393 e. The number of allylic oxidation sites excluding steroid dienone is 1. The van der Waals surface area contributed by atoms with Gasteiger partial charge in [0.2, 0.25) is 0 Å². The van der Waals surface area contributed by atoms with Crippen LogP contribution >= 0.6 is 0 Å². The minimum Gasteiger partial charge on any atom is -0.393 e. The fraction of sp³-hybridized carbons (Fsp3) is 0.864. The Bertz CT molecular complexity index is 425. The third-order valence-electron chi connectivity index (χ3n) is 5.35. The van der Waals surface area contributed by atoms with Gasteiger partial charge in [-0.05, 0) is 57.3 Å². The second-order valence-corrected chi connectivity index (χ2v) is 8.42. The van der Waals surface area contributed by atoms with E-state index in [2.05, 4.69) is 6.58 Å². The van der Waals surface area contributed by atoms with E-state index in [0.717, 1.165) is 19.3 Å². The topological polar surface area (TPSA) is 118 Å². The fourth-order valence-electron chi connectivity index (χ4n) is 3.43. The highest BCUT2D eigenvalue weighted by molar-refractivity contribution is 5.82. The van der Waals surface area contributed by atoms with Crippen molar-refractivity contribution in [1.29, 1.82) is 0 Å². The van der Waals surface area contributed by atoms with Gasteiger partial charge in [0.05, 0.1) is 24.4 Å². The molecular formula is C22H42O6. The van der Waals surface area contributed by atoms with Crippen molar-refractivity contribution in [2.75, 3.05) is 0 Å². The Labute approximate surface area is 170 Å². The van der Waals surface area contributed by atoms with Crippen molar-refractivity contribution in [3.05, 3.63) is 12.7 Å². The number of carbonyl (C=O) groups excluding carboxylic acids is 1. The van der Waals surface area contributed by atoms with Crippen molar-refractivity contribution in [1.82, 2.24) is 0 Å². The van der Waals surface area contributed by atoms with Crippen LogP contribution < -0.4 is 0 Å². The van der Waals surface area contributed by atoms with Gasteiger partial charge in [0, 0.05) is 6.42 Å². The molecule has 0 aliphatic rings. The van der Waals surface area contributed by atoms with E-state index in [-0.39, 0.29) is 24.0 Å². The lowest BCUT2D eigenvalue weighted by Gasteiger charge is -2.26. The Morgan fingerprint density at radius 2 is 1.46 bits per heavy atom. The van der Waals surface area contributed by atoms with E-state index in [1.807, 2.05) is 13.8 Å². The molecule has 0 aliphatic carbocycles. The van der Waals surface area contributed by atoms with Crippen molar-refractivity contribution in [3.8, 4) is 0 Å². The van der Waals surface area contributed by atoms with Gasteiger partial charge in [-0.3, -0.25) is 4.79 Å². The number of hydrogen-bond donors (Lipinski definition) is 5. The molecule has 7 atom stereocenters. The average Bonchev–Trinajstić information content (AvgIpc) is 2.62. The quantitative estimate of drug-likeness (QED) is 0.188. The zero-order chi connectivity index (χ0) is 21.7. The monoisotopic (exact) mass is 402 g/mol. The van der Waals surface area contributed by atoms with Gasteiger partial charge < -0.3 is 25.5 Å². The maximum Gasteiger partial charge on any atom is 0.163 e. The summed E-state index contributed by atoms with van der Waals surface area (Å²) in [4.78, 5) is 11.4. The molecule has 0 aromatic heterocycles. The molecule has 0 bridgehead atoms. The molecular weight excluding hydrogens is 360 g/mol. The highest BCUT2D eigenvalue weighted by atomic mass is 16.3. The molecule has 0 fully saturated rings. The highest BCUT2D eigenvalue weighted by Crippen LogP contribution is 2.22. The highest BCUT2D eigenvalue weighted by Gasteiger charge is 2.25. The first-order valence-electron chi connectivity index (χ1n) is 10.6. The molecule has 28 heavy (non-hydrogen) atoms. The molecule has 6 nitrogen and oxygen atoms in total. The first kappa shape index (κ1) is 27.2. The maximum atomic E-state index is 11.4. The zero-order valence-corrected chi connectivity index (χ0v) is 17.8. The van der Waals surface area contributed by atoms with Crippen LogP contribution in [0.3, 0.4) is 0 Å². The molecule has 0 amide bonds. The minimum atomic E-state index is -1.04. The molecule has 0 aliphatic heterocycles. The molecule has 7 unspecified atom stereocenters. The summed E-state index contributed by atoms with van der Waals surface area (Å²) in [6.07, 6.45) is 2.97. The molecule has 0 aromatic rings. The lowest BCUT2D eigenvalue weighted by molar-refractivity contribution is -0.128. The van der Waals surface area contributed by atoms with E-state index in [1.54, 1.807) is 6.08 Å². The molecule has 0 saturated carbocycles. The number of Topliss-reactive ketones (excluding diaryl/α,β-unsaturated/α-hetero) is 1. The summed E-state index contributed by atoms with van der Waals surface area (Å²) in [5.74, 6) is -0.279. The Hall–Kier alpha value is -0.790. The van der Waals surface area contributed by atoms with E-state index in [4.69, 9.17) is 5.11 Å². The van der Waals surface area contributed by atoms with E-state index in [1.165, 1.54) is 6.92 Å². The minimum absolute atomic E-state index is 0.00254. The summed E-state index contributed by atoms with van der Waals surface area (Å²) in [7, 11) is 0. The van der Waals surface area contributed by atoms with Crippen LogP contribution in [0.25, 0.3) is 0 Å². The van der Waals surface area contributed by atoms with E-state index in [0.29, 0.717) is 32.1 Å². The Balaban J connectivity index is 4.00. The first-order chi connectivity index (χ1) is 13.1. The first-order valence-corrected chi connectivity index (χ1v) is 10.6. The van der Waals surface area contributed by atoms with Crippen LogP contribution in [0.4, 0.5) is 0 Å². The molecule has 0 rings (SSSR count). The standard InChI is InChI=1S/C22H42O6/c1-5-6-9-16(3)22(28)21(27)13-15(2)12-18(24)10-7-8-11-19(25)14-20(26)17(4)23/h5,15-19,21-25,27-28H,1,6-14H2,2-4H3. The molecule has 0 spiro atoms. The van der Waals surface area contributed by atoms with Crippen molar-refractivity contribution in [2.45, 2.75) is 109 Å². The van der Waals surface area contributed by atoms with Gasteiger partial charge in [-0.25, -0.2) is 0 Å². The normalized spacial score (nSPS) is 19.3. The van der Waals surface area contributed by atoms with Crippen LogP contribution in [0.2, 0.25) is 0 Å². The lowest BCUT2D eigenvalue weighted by atomic mass is 9.88. The van der Waals surface area contributed by atoms with E-state index < -0.39 is 30.5 Å². The number of rotatable bonds is 17. The lowest BCUT2D eigenvalue weighted by Crippen LogP contribution is -2.33. The maximum absolute atomic E-state index is 11.4. The third-order valence-corrected chi connectivity index (χ3v) is 5.35. The number of aliphatic hydroxyl groups is 5. The van der Waals surface area contributed by atoms with Crippen LogP contribution in [0.1, 0.15) is 78.6 Å². The van der Waals surface area contributed by atoms with E-state index in [9.17, 15) is 25.2 Å². The third kappa shape index (κ3) is 12.6. The smallest absolute Gasteiger partial charge is 0.163 e. The summed E-state index contributed by atoms with van der Waals surface area (Å²) in [6, 6.07) is 0. The van der Waals surface area contributed by atoms with Crippen LogP contribution in [-0.4, -0.2) is 61.8 Å². The van der Waals surface area contributed by atoms with Gasteiger partial charge in [-0.15, -0.1) is 6.58 Å². The zero-order valence-electron chi connectivity index (χ0n) is 17.8. The van der Waals surface area contributed by atoms with Gasteiger partial charge >= 0.3 is 0 Å². The SMILES string of the molecule is C=CCCC(C)C(O)C(O)CC(C)CC(O)CCCCC(O)CC(=O)C(C)O. The van der Waals surface area contributed by atoms with Crippen molar-refractivity contribution in [2.24, 2.45) is 11.8 Å². The number of unbranched alkanes of at least 4 members (excludes halogenated alkanes) is 1. The van der Waals surface area contributed by atoms with E-state index >= 15 is 0 Å². The predicted molar refractivity (Wildman–Crippen MR) is 111 cm³/mol. The van der Waals surface area contributed by atoms with Crippen molar-refractivity contribution >= 4 is 5.78 Å². The Morgan fingerprint density at radius 3 is 2.00 bits per heavy atom. The van der Waals surface area contributed by atoms with Crippen LogP contribution in [0.15, 0.2) is 12.7 Å². The fourth-order valence-corrected chi connectivity index (χ4v) is 3.43. The number of aliphatic hydroxyl groups excluding tert-OH is 5. The summed E-state index contributed by atoms with van der Waals surface area (Å²) >= 11 is 0. The van der Waals surface area contributed by atoms with Gasteiger partial charge in [0.15, 0.2) is 5.78 Å². The molecule has 166 valence electrons. The summed E-state index contributed by atoms with van der Waals surface area (Å²) < 4.78 is 0. The second-order valence-electron chi connectivity index (χ2n) is 8.42. The summed E-state index contributed by atoms with van der Waals surface area (Å²) in [5, 5.41) is 49.5. The second kappa shape index (κ2) is 15.1. The predicted octanol–water partition coefficient (Wildman–Crippen LogP) is 2.35. The Morgan fingerprint density at radius 1 is 0.893 bits per heavy atom. The molecule has 5 N–H and O–H groups in total. The summed E-state index contributed by atoms with van der Waals surface area (Å²) in [6.45, 7) is 8.93. The molecule has 0 radical (unpaired) electrons. The molecule has 6 heteroatoms. The van der Waals surface area contributed by atoms with Crippen molar-refractivity contribution < 1.29 is 30.3 Å². The average molecular weight is 403 g/mol. The van der Waals surface area contributed by atoms with Gasteiger partial charge in [-0.1, -0.05) is 32.8 Å². The van der Waals surface area contributed by atoms with Crippen LogP contribution in [0, 0.1) is 11.8 Å². The van der Waals surface area contributed by atoms with Gasteiger partial charge in [0.1, 0.15) is 6.10 Å². The van der Waals surface area contributed by atoms with Gasteiger partial charge in [-0.2, -0.15) is 0 Å². The number of carbonyl (C=O) groups is 1. The van der Waals surface area contributed by atoms with Crippen molar-refractivity contribution in [3.63, 3.8) is 0 Å². The molecule has 0 aromatic carbocycles. The van der Waals surface area contributed by atoms with Crippen LogP contribution in [0.5, 0.6) is 0 Å².